The Labute approximate surface area is 401 Å². The van der Waals surface area contributed by atoms with E-state index in [0.717, 1.165) is 11.1 Å². The summed E-state index contributed by atoms with van der Waals surface area (Å²) < 4.78 is 70.0. The van der Waals surface area contributed by atoms with E-state index in [4.69, 9.17) is 56.8 Å². The van der Waals surface area contributed by atoms with Gasteiger partial charge in [0.25, 0.3) is 0 Å². The fourth-order valence-corrected chi connectivity index (χ4v) is 6.34. The molecular weight excluding hydrogens is 913 g/mol. The molecule has 0 aliphatic carbocycles. The molecule has 2 aliphatic rings. The second-order valence-corrected chi connectivity index (χ2v) is 14.9. The van der Waals surface area contributed by atoms with Crippen molar-refractivity contribution in [3.05, 3.63) is 119 Å². The van der Waals surface area contributed by atoms with Crippen LogP contribution in [-0.4, -0.2) is 134 Å². The third-order valence-electron chi connectivity index (χ3n) is 9.60. The zero-order valence-corrected chi connectivity index (χ0v) is 38.0. The van der Waals surface area contributed by atoms with Gasteiger partial charge in [-0.2, -0.15) is 19.9 Å². The normalized spacial score (nSPS) is 15.5. The highest BCUT2D eigenvalue weighted by molar-refractivity contribution is 5.91. The smallest absolute Gasteiger partial charge is 0.338 e. The van der Waals surface area contributed by atoms with Gasteiger partial charge in [0.1, 0.15) is 36.2 Å². The summed E-state index contributed by atoms with van der Waals surface area (Å²) in [5.74, 6) is -1.08. The molecule has 2 N–H and O–H groups in total. The molecule has 4 heterocycles. The third kappa shape index (κ3) is 16.0. The van der Waals surface area contributed by atoms with Gasteiger partial charge in [0.15, 0.2) is 0 Å². The molecule has 6 aromatic rings. The van der Waals surface area contributed by atoms with E-state index in [9.17, 15) is 9.59 Å². The van der Waals surface area contributed by atoms with Crippen molar-refractivity contribution < 1.29 is 66.4 Å². The molecule has 0 unspecified atom stereocenters. The van der Waals surface area contributed by atoms with Crippen molar-refractivity contribution in [3.63, 3.8) is 0 Å². The molecule has 0 radical (unpaired) electrons. The Hall–Kier alpha value is -7.60. The summed E-state index contributed by atoms with van der Waals surface area (Å²) >= 11 is 0. The molecule has 8 rings (SSSR count). The number of carbonyl (C=O) groups excluding carboxylic acids is 2. The summed E-state index contributed by atoms with van der Waals surface area (Å²) in [5.41, 5.74) is 1.66. The van der Waals surface area contributed by atoms with Gasteiger partial charge < -0.3 is 67.5 Å². The van der Waals surface area contributed by atoms with Crippen molar-refractivity contribution in [1.82, 2.24) is 29.9 Å². The van der Waals surface area contributed by atoms with E-state index < -0.39 is 11.9 Å². The first-order valence-corrected chi connectivity index (χ1v) is 22.4. The van der Waals surface area contributed by atoms with Crippen LogP contribution in [0.25, 0.3) is 0 Å². The molecule has 70 heavy (non-hydrogen) atoms. The number of benzene rings is 4. The van der Waals surface area contributed by atoms with Gasteiger partial charge in [0, 0.05) is 25.2 Å². The fraction of sp³-hybridized carbons (Fsp3) is 0.333. The van der Waals surface area contributed by atoms with Crippen molar-refractivity contribution in [2.45, 2.75) is 13.2 Å². The van der Waals surface area contributed by atoms with E-state index in [0.29, 0.717) is 66.1 Å². The Morgan fingerprint density at radius 1 is 0.400 bits per heavy atom. The van der Waals surface area contributed by atoms with Crippen LogP contribution in [0, 0.1) is 0 Å². The molecule has 0 spiro atoms. The van der Waals surface area contributed by atoms with Crippen LogP contribution in [0.5, 0.6) is 47.0 Å². The standard InChI is InChI=1S/C48H50N8O14/c57-41(65-31-33-7-3-1-4-8-33)35-25-37-29-38(26-35)68-46-52-44-50-12-14-60-16-18-62-20-22-64-24-23-63-21-19-61-17-15-59-13-11-49-43-51-45(67-37)55-47(53-43)69-39-27-36(28-40(30-39)70-48(54-44)56-46)42(58)66-32-34-9-5-2-6-10-34/h1-10,25-30H,11-24,31-32H2,(H,49,51,53,55)(H,50,52,54,56). The zero-order chi connectivity index (χ0) is 48.0. The highest BCUT2D eigenvalue weighted by Crippen LogP contribution is 2.34. The third-order valence-corrected chi connectivity index (χ3v) is 9.60. The number of rotatable bonds is 6. The maximum atomic E-state index is 13.6. The van der Waals surface area contributed by atoms with Crippen LogP contribution in [0.1, 0.15) is 31.8 Å². The van der Waals surface area contributed by atoms with Crippen LogP contribution >= 0.6 is 0 Å². The van der Waals surface area contributed by atoms with Crippen molar-refractivity contribution in [2.24, 2.45) is 0 Å². The number of ether oxygens (including phenoxy) is 12. The molecule has 0 fully saturated rings. The number of anilines is 2. The summed E-state index contributed by atoms with van der Waals surface area (Å²) in [4.78, 5) is 54.0. The molecule has 0 atom stereocenters. The summed E-state index contributed by atoms with van der Waals surface area (Å²) in [6.07, 6.45) is 0. The summed E-state index contributed by atoms with van der Waals surface area (Å²) in [7, 11) is 0. The quantitative estimate of drug-likeness (QED) is 0.176. The summed E-state index contributed by atoms with van der Waals surface area (Å²) in [6, 6.07) is 26.1. The van der Waals surface area contributed by atoms with E-state index >= 15 is 0 Å². The lowest BCUT2D eigenvalue weighted by molar-refractivity contribution is -0.0159. The lowest BCUT2D eigenvalue weighted by Crippen LogP contribution is -2.16. The average Bonchev–Trinajstić information content (AvgIpc) is 3.36. The summed E-state index contributed by atoms with van der Waals surface area (Å²) in [5, 5.41) is 6.19. The van der Waals surface area contributed by atoms with Gasteiger partial charge in [0.05, 0.1) is 90.4 Å². The number of hydrogen-bond acceptors (Lipinski definition) is 22. The predicted molar refractivity (Wildman–Crippen MR) is 246 cm³/mol. The maximum absolute atomic E-state index is 13.6. The van der Waals surface area contributed by atoms with Gasteiger partial charge in [-0.15, -0.1) is 9.97 Å². The van der Waals surface area contributed by atoms with Crippen LogP contribution in [0.2, 0.25) is 0 Å². The highest BCUT2D eigenvalue weighted by atomic mass is 16.6. The fourth-order valence-electron chi connectivity index (χ4n) is 6.34. The van der Waals surface area contributed by atoms with E-state index in [2.05, 4.69) is 40.5 Å². The number of aromatic nitrogens is 6. The number of nitrogens with zero attached hydrogens (tertiary/aromatic N) is 6. The molecule has 10 bridgehead atoms. The van der Waals surface area contributed by atoms with Crippen LogP contribution in [0.15, 0.2) is 97.1 Å². The Morgan fingerprint density at radius 2 is 0.700 bits per heavy atom. The largest absolute Gasteiger partial charge is 0.457 e. The number of esters is 2. The Kier molecular flexibility index (Phi) is 18.3. The molecule has 2 aromatic heterocycles. The zero-order valence-electron chi connectivity index (χ0n) is 38.0. The molecule has 2 aliphatic heterocycles. The molecule has 0 saturated heterocycles. The number of fused-ring (bicyclic) bond motifs is 6. The predicted octanol–water partition coefficient (Wildman–Crippen LogP) is 6.19. The van der Waals surface area contributed by atoms with Crippen molar-refractivity contribution >= 4 is 23.8 Å². The van der Waals surface area contributed by atoms with Gasteiger partial charge in [0.2, 0.25) is 11.9 Å². The van der Waals surface area contributed by atoms with Gasteiger partial charge in [-0.3, -0.25) is 0 Å². The first-order valence-electron chi connectivity index (χ1n) is 22.4. The highest BCUT2D eigenvalue weighted by Gasteiger charge is 2.21. The van der Waals surface area contributed by atoms with Crippen LogP contribution in [-0.2, 0) is 51.1 Å². The first kappa shape index (κ1) is 48.8. The monoisotopic (exact) mass is 962 g/mol. The lowest BCUT2D eigenvalue weighted by atomic mass is 10.2. The van der Waals surface area contributed by atoms with Crippen molar-refractivity contribution in [1.29, 1.82) is 0 Å². The van der Waals surface area contributed by atoms with Gasteiger partial charge in [-0.1, -0.05) is 60.7 Å². The minimum Gasteiger partial charge on any atom is -0.457 e. The van der Waals surface area contributed by atoms with E-state index in [1.54, 1.807) is 0 Å². The molecule has 0 saturated carbocycles. The molecule has 366 valence electrons. The van der Waals surface area contributed by atoms with Crippen LogP contribution in [0.3, 0.4) is 0 Å². The molecule has 22 heteroatoms. The SMILES string of the molecule is O=C(OCc1ccccc1)c1cc2cc(c1)Oc1nc3nc(n1)Oc1cc(cc(C(=O)OCc4ccccc4)c1)Oc1nc(nc(n1)O2)NCCOCCOCCOCCOCCOCCOCCN3. The second kappa shape index (κ2) is 26.2. The molecule has 22 nitrogen and oxygen atoms in total. The first-order chi connectivity index (χ1) is 34.5. The topological polar surface area (TPSA) is 246 Å². The van der Waals surface area contributed by atoms with Crippen molar-refractivity contribution in [2.75, 3.05) is 103 Å². The Balaban J connectivity index is 1.12. The van der Waals surface area contributed by atoms with Crippen LogP contribution in [0.4, 0.5) is 11.9 Å². The van der Waals surface area contributed by atoms with Crippen LogP contribution < -0.4 is 29.6 Å². The number of nitrogens with one attached hydrogen (secondary N) is 2. The molecule has 0 amide bonds. The van der Waals surface area contributed by atoms with E-state index in [1.807, 2.05) is 60.7 Å². The minimum absolute atomic E-state index is 0.00263. The Morgan fingerprint density at radius 3 is 1.01 bits per heavy atom. The Bertz CT molecular complexity index is 2350. The van der Waals surface area contributed by atoms with Gasteiger partial charge >= 0.3 is 36.0 Å². The van der Waals surface area contributed by atoms with Crippen molar-refractivity contribution in [3.8, 4) is 47.0 Å². The minimum atomic E-state index is -0.689. The van der Waals surface area contributed by atoms with E-state index in [-0.39, 0.29) is 110 Å². The number of carbonyl (C=O) groups is 2. The lowest BCUT2D eigenvalue weighted by Gasteiger charge is -2.15. The maximum Gasteiger partial charge on any atom is 0.338 e. The molecule has 4 aromatic carbocycles. The summed E-state index contributed by atoms with van der Waals surface area (Å²) in [6.45, 7) is 4.80. The van der Waals surface area contributed by atoms with E-state index in [1.165, 1.54) is 36.4 Å². The van der Waals surface area contributed by atoms with Gasteiger partial charge in [-0.05, 0) is 35.4 Å². The van der Waals surface area contributed by atoms with Gasteiger partial charge in [-0.25, -0.2) is 9.59 Å². The molecular formula is C48H50N8O14. The second-order valence-electron chi connectivity index (χ2n) is 14.9. The number of hydrogen-bond donors (Lipinski definition) is 2. The average molecular weight is 963 g/mol.